The van der Waals surface area contributed by atoms with Crippen molar-refractivity contribution in [2.45, 2.75) is 4.90 Å². The van der Waals surface area contributed by atoms with Crippen molar-refractivity contribution in [2.24, 2.45) is 0 Å². The lowest BCUT2D eigenvalue weighted by atomic mass is 10.2. The molecule has 0 radical (unpaired) electrons. The van der Waals surface area contributed by atoms with Gasteiger partial charge in [0.15, 0.2) is 5.69 Å². The molecule has 0 fully saturated rings. The lowest BCUT2D eigenvalue weighted by molar-refractivity contribution is 0.600. The second kappa shape index (κ2) is 5.80. The second-order valence-corrected chi connectivity index (χ2v) is 5.93. The van der Waals surface area contributed by atoms with Gasteiger partial charge >= 0.3 is 0 Å². The molecule has 1 N–H and O–H groups in total. The van der Waals surface area contributed by atoms with Crippen LogP contribution in [0.15, 0.2) is 41.4 Å². The minimum atomic E-state index is -4.03. The Morgan fingerprint density at radius 1 is 1.19 bits per heavy atom. The Labute approximate surface area is 126 Å². The van der Waals surface area contributed by atoms with E-state index < -0.39 is 10.0 Å². The zero-order chi connectivity index (χ0) is 15.5. The number of nitrogens with one attached hydrogen (secondary N) is 1. The van der Waals surface area contributed by atoms with E-state index in [4.69, 9.17) is 22.1 Å². The van der Waals surface area contributed by atoms with E-state index in [-0.39, 0.29) is 26.9 Å². The molecule has 6 nitrogen and oxygen atoms in total. The smallest absolute Gasteiger partial charge is 0.264 e. The van der Waals surface area contributed by atoms with Crippen LogP contribution in [-0.2, 0) is 10.0 Å². The maximum absolute atomic E-state index is 12.3. The van der Waals surface area contributed by atoms with Crippen molar-refractivity contribution in [3.05, 3.63) is 52.8 Å². The number of pyridine rings is 1. The van der Waals surface area contributed by atoms with Crippen molar-refractivity contribution >= 4 is 27.3 Å². The quantitative estimate of drug-likeness (QED) is 0.934. The molecule has 2 rings (SSSR count). The van der Waals surface area contributed by atoms with Crippen LogP contribution in [0.1, 0.15) is 11.3 Å². The van der Waals surface area contributed by atoms with Crippen LogP contribution in [0.2, 0.25) is 5.02 Å². The van der Waals surface area contributed by atoms with E-state index in [1.54, 1.807) is 6.07 Å². The van der Waals surface area contributed by atoms with Gasteiger partial charge in [-0.25, -0.2) is 13.4 Å². The van der Waals surface area contributed by atoms with E-state index in [0.29, 0.717) is 0 Å². The number of aromatic nitrogens is 1. The lowest BCUT2D eigenvalue weighted by Gasteiger charge is -2.10. The zero-order valence-electron chi connectivity index (χ0n) is 10.4. The number of hydrogen-bond donors (Lipinski definition) is 1. The summed E-state index contributed by atoms with van der Waals surface area (Å²) in [7, 11) is -4.03. The highest BCUT2D eigenvalue weighted by molar-refractivity contribution is 7.92. The molecule has 0 bridgehead atoms. The Hall–Kier alpha value is -2.61. The molecule has 0 saturated carbocycles. The van der Waals surface area contributed by atoms with Gasteiger partial charge in [0.2, 0.25) is 0 Å². The van der Waals surface area contributed by atoms with E-state index >= 15 is 0 Å². The molecule has 1 aromatic heterocycles. The Bertz CT molecular complexity index is 882. The number of nitriles is 2. The van der Waals surface area contributed by atoms with Gasteiger partial charge in [-0.15, -0.1) is 0 Å². The van der Waals surface area contributed by atoms with Gasteiger partial charge in [0.1, 0.15) is 11.0 Å². The average molecular weight is 319 g/mol. The van der Waals surface area contributed by atoms with Crippen molar-refractivity contribution in [3.8, 4) is 12.1 Å². The predicted octanol–water partition coefficient (Wildman–Crippen LogP) is 2.28. The Balaban J connectivity index is 2.48. The van der Waals surface area contributed by atoms with Gasteiger partial charge in [-0.05, 0) is 30.3 Å². The number of sulfonamides is 1. The fraction of sp³-hybridized carbons (Fsp3) is 0. The maximum atomic E-state index is 12.3. The molecule has 0 aliphatic carbocycles. The largest absolute Gasteiger partial charge is 0.278 e. The normalized spacial score (nSPS) is 10.4. The molecule has 8 heteroatoms. The molecule has 0 spiro atoms. The first-order valence-electron chi connectivity index (χ1n) is 5.55. The number of anilines is 1. The number of rotatable bonds is 3. The SMILES string of the molecule is N#Cc1ccc(Cl)c(NS(=O)(=O)c2cccnc2C#N)c1. The Morgan fingerprint density at radius 3 is 2.62 bits per heavy atom. The fourth-order valence-electron chi connectivity index (χ4n) is 1.56. The Kier molecular flexibility index (Phi) is 4.08. The van der Waals surface area contributed by atoms with Crippen LogP contribution in [0.3, 0.4) is 0 Å². The molecule has 2 aromatic rings. The highest BCUT2D eigenvalue weighted by atomic mass is 35.5. The second-order valence-electron chi connectivity index (χ2n) is 3.87. The van der Waals surface area contributed by atoms with Crippen LogP contribution in [0.5, 0.6) is 0 Å². The summed E-state index contributed by atoms with van der Waals surface area (Å²) in [5.41, 5.74) is 0.0878. The summed E-state index contributed by atoms with van der Waals surface area (Å²) in [6, 6.07) is 10.4. The molecule has 1 heterocycles. The summed E-state index contributed by atoms with van der Waals surface area (Å²) < 4.78 is 26.8. The first kappa shape index (κ1) is 14.8. The van der Waals surface area contributed by atoms with Crippen molar-refractivity contribution in [2.75, 3.05) is 4.72 Å². The van der Waals surface area contributed by atoms with Gasteiger partial charge in [0, 0.05) is 6.20 Å². The van der Waals surface area contributed by atoms with Gasteiger partial charge in [-0.1, -0.05) is 11.6 Å². The first-order chi connectivity index (χ1) is 9.97. The van der Waals surface area contributed by atoms with Gasteiger partial charge in [-0.2, -0.15) is 10.5 Å². The molecule has 0 unspecified atom stereocenters. The summed E-state index contributed by atoms with van der Waals surface area (Å²) >= 11 is 5.90. The lowest BCUT2D eigenvalue weighted by Crippen LogP contribution is -2.15. The van der Waals surface area contributed by atoms with E-state index in [1.165, 1.54) is 36.5 Å². The van der Waals surface area contributed by atoms with Crippen LogP contribution in [0.25, 0.3) is 0 Å². The van der Waals surface area contributed by atoms with Gasteiger partial charge in [-0.3, -0.25) is 4.72 Å². The average Bonchev–Trinajstić information content (AvgIpc) is 2.49. The summed E-state index contributed by atoms with van der Waals surface area (Å²) in [6.45, 7) is 0. The fourth-order valence-corrected chi connectivity index (χ4v) is 2.96. The summed E-state index contributed by atoms with van der Waals surface area (Å²) in [6.07, 6.45) is 1.32. The van der Waals surface area contributed by atoms with E-state index in [0.717, 1.165) is 0 Å². The third kappa shape index (κ3) is 3.11. The van der Waals surface area contributed by atoms with Crippen LogP contribution >= 0.6 is 11.6 Å². The van der Waals surface area contributed by atoms with E-state index in [9.17, 15) is 8.42 Å². The highest BCUT2D eigenvalue weighted by Crippen LogP contribution is 2.26. The molecule has 0 atom stereocenters. The Morgan fingerprint density at radius 2 is 1.95 bits per heavy atom. The molecule has 1 aromatic carbocycles. The van der Waals surface area contributed by atoms with Gasteiger partial charge in [0.25, 0.3) is 10.0 Å². The number of hydrogen-bond acceptors (Lipinski definition) is 5. The summed E-state index contributed by atoms with van der Waals surface area (Å²) in [5.74, 6) is 0. The minimum absolute atomic E-state index is 0.0588. The van der Waals surface area contributed by atoms with Gasteiger partial charge in [0.05, 0.1) is 22.3 Å². The van der Waals surface area contributed by atoms with E-state index in [2.05, 4.69) is 9.71 Å². The third-order valence-electron chi connectivity index (χ3n) is 2.51. The molecule has 0 aliphatic rings. The number of nitrogens with zero attached hydrogens (tertiary/aromatic N) is 3. The molecular weight excluding hydrogens is 312 g/mol. The first-order valence-corrected chi connectivity index (χ1v) is 7.41. The molecule has 0 saturated heterocycles. The van der Waals surface area contributed by atoms with Crippen LogP contribution < -0.4 is 4.72 Å². The molecule has 0 aliphatic heterocycles. The van der Waals surface area contributed by atoms with Crippen LogP contribution in [0, 0.1) is 22.7 Å². The van der Waals surface area contributed by atoms with Crippen LogP contribution in [0.4, 0.5) is 5.69 Å². The highest BCUT2D eigenvalue weighted by Gasteiger charge is 2.20. The zero-order valence-corrected chi connectivity index (χ0v) is 12.0. The summed E-state index contributed by atoms with van der Waals surface area (Å²) in [5, 5.41) is 17.9. The molecule has 21 heavy (non-hydrogen) atoms. The maximum Gasteiger partial charge on any atom is 0.264 e. The van der Waals surface area contributed by atoms with Crippen LogP contribution in [-0.4, -0.2) is 13.4 Å². The van der Waals surface area contributed by atoms with E-state index in [1.807, 2.05) is 6.07 Å². The predicted molar refractivity (Wildman–Crippen MR) is 75.9 cm³/mol. The monoisotopic (exact) mass is 318 g/mol. The van der Waals surface area contributed by atoms with Crippen molar-refractivity contribution in [1.82, 2.24) is 4.98 Å². The third-order valence-corrected chi connectivity index (χ3v) is 4.23. The number of halogens is 1. The van der Waals surface area contributed by atoms with Crippen molar-refractivity contribution < 1.29 is 8.42 Å². The van der Waals surface area contributed by atoms with Crippen molar-refractivity contribution in [1.29, 1.82) is 10.5 Å². The minimum Gasteiger partial charge on any atom is -0.278 e. The molecular formula is C13H7ClN4O2S. The number of benzene rings is 1. The summed E-state index contributed by atoms with van der Waals surface area (Å²) in [4.78, 5) is 3.44. The molecule has 0 amide bonds. The molecule has 104 valence electrons. The van der Waals surface area contributed by atoms with Crippen molar-refractivity contribution in [3.63, 3.8) is 0 Å². The van der Waals surface area contributed by atoms with Gasteiger partial charge < -0.3 is 0 Å². The topological polar surface area (TPSA) is 107 Å². The standard InChI is InChI=1S/C13H7ClN4O2S/c14-10-4-3-9(7-15)6-11(10)18-21(19,20)13-2-1-5-17-12(13)8-16/h1-6,18H.